The minimum atomic E-state index is -1.10. The number of nitrogens with one attached hydrogen (secondary N) is 1. The number of hydrogen-bond donors (Lipinski definition) is 3. The molecule has 0 heterocycles. The van der Waals surface area contributed by atoms with Crippen molar-refractivity contribution in [3.63, 3.8) is 0 Å². The van der Waals surface area contributed by atoms with Gasteiger partial charge in [0.15, 0.2) is 0 Å². The van der Waals surface area contributed by atoms with Crippen LogP contribution in [0.2, 0.25) is 0 Å². The van der Waals surface area contributed by atoms with Crippen molar-refractivity contribution in [3.8, 4) is 0 Å². The average Bonchev–Trinajstić information content (AvgIpc) is 2.19. The first-order chi connectivity index (χ1) is 6.56. The summed E-state index contributed by atoms with van der Waals surface area (Å²) in [5.74, 6) is 3.71. The van der Waals surface area contributed by atoms with E-state index >= 15 is 0 Å². The zero-order valence-electron chi connectivity index (χ0n) is 7.13. The summed E-state index contributed by atoms with van der Waals surface area (Å²) in [5, 5.41) is 0. The summed E-state index contributed by atoms with van der Waals surface area (Å²) in [4.78, 5) is 11.0. The summed E-state index contributed by atoms with van der Waals surface area (Å²) < 4.78 is 13.8. The van der Waals surface area contributed by atoms with Crippen LogP contribution in [0.25, 0.3) is 0 Å². The molecular weight excluding hydrogens is 253 g/mol. The number of halogens is 2. The van der Waals surface area contributed by atoms with Gasteiger partial charge in [0.25, 0.3) is 5.91 Å². The zero-order valence-corrected chi connectivity index (χ0v) is 8.71. The Morgan fingerprint density at radius 3 is 2.79 bits per heavy atom. The molecule has 4 nitrogen and oxygen atoms in total. The molecule has 0 radical (unpaired) electrons. The first kappa shape index (κ1) is 11.1. The molecule has 0 aliphatic carbocycles. The van der Waals surface area contributed by atoms with Gasteiger partial charge in [0.1, 0.15) is 11.9 Å². The minimum absolute atomic E-state index is 0.0994. The summed E-state index contributed by atoms with van der Waals surface area (Å²) in [5.41, 5.74) is 7.43. The highest BCUT2D eigenvalue weighted by atomic mass is 79.9. The van der Waals surface area contributed by atoms with Gasteiger partial charge in [-0.2, -0.15) is 0 Å². The van der Waals surface area contributed by atoms with Gasteiger partial charge in [-0.05, 0) is 18.2 Å². The van der Waals surface area contributed by atoms with Crippen LogP contribution < -0.4 is 17.0 Å². The Morgan fingerprint density at radius 2 is 2.21 bits per heavy atom. The summed E-state index contributed by atoms with van der Waals surface area (Å²) in [6, 6.07) is 3.09. The maximum atomic E-state index is 13.2. The molecule has 1 unspecified atom stereocenters. The smallest absolute Gasteiger partial charge is 0.255 e. The Hall–Kier alpha value is -0.980. The Kier molecular flexibility index (Phi) is 3.56. The fraction of sp³-hybridized carbons (Fsp3) is 0.125. The zero-order chi connectivity index (χ0) is 10.7. The molecule has 0 saturated heterocycles. The van der Waals surface area contributed by atoms with Crippen molar-refractivity contribution in [2.45, 2.75) is 6.04 Å². The monoisotopic (exact) mass is 261 g/mol. The van der Waals surface area contributed by atoms with Gasteiger partial charge in [0.2, 0.25) is 0 Å². The highest BCUT2D eigenvalue weighted by molar-refractivity contribution is 9.10. The largest absolute Gasteiger partial charge is 0.316 e. The second-order valence-corrected chi connectivity index (χ2v) is 3.57. The molecule has 0 fully saturated rings. The third kappa shape index (κ3) is 2.28. The van der Waals surface area contributed by atoms with Crippen molar-refractivity contribution in [1.82, 2.24) is 5.43 Å². The molecule has 0 aromatic heterocycles. The van der Waals surface area contributed by atoms with E-state index in [1.807, 2.05) is 5.43 Å². The predicted octanol–water partition coefficient (Wildman–Crippen LogP) is 0.578. The van der Waals surface area contributed by atoms with E-state index in [4.69, 9.17) is 11.6 Å². The van der Waals surface area contributed by atoms with Gasteiger partial charge in [0, 0.05) is 10.0 Å². The fourth-order valence-corrected chi connectivity index (χ4v) is 1.36. The summed E-state index contributed by atoms with van der Waals surface area (Å²) in [7, 11) is 0. The minimum Gasteiger partial charge on any atom is -0.316 e. The molecule has 0 aliphatic rings. The second kappa shape index (κ2) is 4.50. The number of carbonyl (C=O) groups excluding carboxylic acids is 1. The predicted molar refractivity (Wildman–Crippen MR) is 53.4 cm³/mol. The van der Waals surface area contributed by atoms with Crippen LogP contribution in [0.15, 0.2) is 22.7 Å². The van der Waals surface area contributed by atoms with Crippen molar-refractivity contribution in [2.75, 3.05) is 0 Å². The standard InChI is InChI=1S/C8H9BrFN3O/c9-4-1-2-6(10)5(3-4)7(11)8(14)13-12/h1-3,7H,11-12H2,(H,13,14). The second-order valence-electron chi connectivity index (χ2n) is 2.65. The quantitative estimate of drug-likeness (QED) is 0.414. The summed E-state index contributed by atoms with van der Waals surface area (Å²) in [6.07, 6.45) is 0. The molecule has 1 rings (SSSR count). The Labute approximate surface area is 88.6 Å². The lowest BCUT2D eigenvalue weighted by Gasteiger charge is -2.11. The number of amides is 1. The first-order valence-electron chi connectivity index (χ1n) is 3.77. The molecule has 76 valence electrons. The summed E-state index contributed by atoms with van der Waals surface area (Å²) in [6.45, 7) is 0. The van der Waals surface area contributed by atoms with E-state index in [0.29, 0.717) is 4.47 Å². The highest BCUT2D eigenvalue weighted by Gasteiger charge is 2.18. The molecule has 6 heteroatoms. The SMILES string of the molecule is NNC(=O)C(N)c1cc(Br)ccc1F. The number of nitrogens with two attached hydrogens (primary N) is 2. The number of carbonyl (C=O) groups is 1. The summed E-state index contributed by atoms with van der Waals surface area (Å²) >= 11 is 3.15. The Morgan fingerprint density at radius 1 is 1.57 bits per heavy atom. The Bertz CT molecular complexity index is 358. The van der Waals surface area contributed by atoms with Crippen LogP contribution in [-0.4, -0.2) is 5.91 Å². The van der Waals surface area contributed by atoms with Crippen molar-refractivity contribution in [3.05, 3.63) is 34.1 Å². The van der Waals surface area contributed by atoms with Crippen LogP contribution in [0.1, 0.15) is 11.6 Å². The molecular formula is C8H9BrFN3O. The number of rotatable bonds is 2. The lowest BCUT2D eigenvalue weighted by atomic mass is 10.1. The first-order valence-corrected chi connectivity index (χ1v) is 4.56. The molecule has 0 aliphatic heterocycles. The average molecular weight is 262 g/mol. The molecule has 1 aromatic rings. The van der Waals surface area contributed by atoms with Crippen LogP contribution in [0.5, 0.6) is 0 Å². The van der Waals surface area contributed by atoms with Crippen LogP contribution >= 0.6 is 15.9 Å². The topological polar surface area (TPSA) is 81.1 Å². The number of hydrazine groups is 1. The van der Waals surface area contributed by atoms with E-state index in [1.165, 1.54) is 18.2 Å². The molecule has 14 heavy (non-hydrogen) atoms. The van der Waals surface area contributed by atoms with Crippen LogP contribution in [0.3, 0.4) is 0 Å². The van der Waals surface area contributed by atoms with Crippen molar-refractivity contribution >= 4 is 21.8 Å². The van der Waals surface area contributed by atoms with Crippen LogP contribution in [0.4, 0.5) is 4.39 Å². The van der Waals surface area contributed by atoms with Crippen LogP contribution in [-0.2, 0) is 4.79 Å². The van der Waals surface area contributed by atoms with E-state index in [-0.39, 0.29) is 5.56 Å². The third-order valence-electron chi connectivity index (χ3n) is 1.72. The molecule has 1 atom stereocenters. The number of hydrogen-bond acceptors (Lipinski definition) is 3. The van der Waals surface area contributed by atoms with Gasteiger partial charge in [0.05, 0.1) is 0 Å². The van der Waals surface area contributed by atoms with Crippen molar-refractivity contribution in [2.24, 2.45) is 11.6 Å². The van der Waals surface area contributed by atoms with Gasteiger partial charge in [-0.15, -0.1) is 0 Å². The molecule has 1 amide bonds. The van der Waals surface area contributed by atoms with Gasteiger partial charge < -0.3 is 5.73 Å². The molecule has 0 bridgehead atoms. The lowest BCUT2D eigenvalue weighted by Crippen LogP contribution is -2.38. The maximum Gasteiger partial charge on any atom is 0.255 e. The van der Waals surface area contributed by atoms with Gasteiger partial charge in [-0.1, -0.05) is 15.9 Å². The highest BCUT2D eigenvalue weighted by Crippen LogP contribution is 2.20. The molecule has 5 N–H and O–H groups in total. The molecule has 1 aromatic carbocycles. The van der Waals surface area contributed by atoms with Crippen molar-refractivity contribution in [1.29, 1.82) is 0 Å². The van der Waals surface area contributed by atoms with Crippen molar-refractivity contribution < 1.29 is 9.18 Å². The van der Waals surface area contributed by atoms with E-state index in [2.05, 4.69) is 15.9 Å². The maximum absolute atomic E-state index is 13.2. The van der Waals surface area contributed by atoms with Gasteiger partial charge in [-0.25, -0.2) is 10.2 Å². The Balaban J connectivity index is 3.05. The van der Waals surface area contributed by atoms with E-state index in [0.717, 1.165) is 0 Å². The number of benzene rings is 1. The fourth-order valence-electron chi connectivity index (χ4n) is 0.984. The lowest BCUT2D eigenvalue weighted by molar-refractivity contribution is -0.122. The van der Waals surface area contributed by atoms with E-state index < -0.39 is 17.8 Å². The van der Waals surface area contributed by atoms with Crippen LogP contribution in [0, 0.1) is 5.82 Å². The molecule has 0 saturated carbocycles. The van der Waals surface area contributed by atoms with E-state index in [1.54, 1.807) is 0 Å². The third-order valence-corrected chi connectivity index (χ3v) is 2.21. The normalized spacial score (nSPS) is 12.3. The van der Waals surface area contributed by atoms with Gasteiger partial charge in [-0.3, -0.25) is 10.2 Å². The molecule has 0 spiro atoms. The van der Waals surface area contributed by atoms with Gasteiger partial charge >= 0.3 is 0 Å². The van der Waals surface area contributed by atoms with E-state index in [9.17, 15) is 9.18 Å².